The van der Waals surface area contributed by atoms with Crippen LogP contribution in [-0.4, -0.2) is 4.57 Å². The number of hydrogen-bond donors (Lipinski definition) is 0. The van der Waals surface area contributed by atoms with Crippen LogP contribution in [0.25, 0.3) is 22.0 Å². The number of hydrogen-bond acceptors (Lipinski definition) is 0. The molecule has 0 N–H and O–H groups in total. The normalized spacial score (nSPS) is 10.9. The lowest BCUT2D eigenvalue weighted by Gasteiger charge is -2.03. The number of aryl methyl sites for hydroxylation is 2. The molecular formula is C16H15N. The van der Waals surface area contributed by atoms with Crippen molar-refractivity contribution < 1.29 is 0 Å². The molecule has 0 aliphatic heterocycles. The van der Waals surface area contributed by atoms with Crippen LogP contribution in [0.15, 0.2) is 54.7 Å². The molecule has 3 rings (SSSR count). The van der Waals surface area contributed by atoms with Gasteiger partial charge in [-0.15, -0.1) is 0 Å². The Labute approximate surface area is 101 Å². The van der Waals surface area contributed by atoms with E-state index in [1.54, 1.807) is 0 Å². The van der Waals surface area contributed by atoms with Crippen molar-refractivity contribution in [2.45, 2.75) is 6.92 Å². The van der Waals surface area contributed by atoms with E-state index in [4.69, 9.17) is 0 Å². The van der Waals surface area contributed by atoms with Crippen LogP contribution >= 0.6 is 0 Å². The molecule has 0 amide bonds. The summed E-state index contributed by atoms with van der Waals surface area (Å²) in [6, 6.07) is 17.2. The summed E-state index contributed by atoms with van der Waals surface area (Å²) in [5.41, 5.74) is 5.18. The van der Waals surface area contributed by atoms with Crippen LogP contribution in [0.4, 0.5) is 0 Å². The van der Waals surface area contributed by atoms with Gasteiger partial charge in [0, 0.05) is 24.1 Å². The Morgan fingerprint density at radius 2 is 1.65 bits per heavy atom. The molecule has 0 bridgehead atoms. The minimum Gasteiger partial charge on any atom is -0.350 e. The highest BCUT2D eigenvalue weighted by Gasteiger charge is 2.04. The predicted octanol–water partition coefficient (Wildman–Crippen LogP) is 4.15. The molecule has 0 radical (unpaired) electrons. The average molecular weight is 221 g/mol. The fraction of sp³-hybridized carbons (Fsp3) is 0.125. The second-order valence-corrected chi connectivity index (χ2v) is 4.52. The molecule has 1 aromatic heterocycles. The van der Waals surface area contributed by atoms with Gasteiger partial charge in [0.05, 0.1) is 0 Å². The molecule has 0 spiro atoms. The predicted molar refractivity (Wildman–Crippen MR) is 73.1 cm³/mol. The van der Waals surface area contributed by atoms with Gasteiger partial charge < -0.3 is 4.57 Å². The van der Waals surface area contributed by atoms with Crippen LogP contribution in [0.5, 0.6) is 0 Å². The van der Waals surface area contributed by atoms with Crippen molar-refractivity contribution in [1.82, 2.24) is 4.57 Å². The molecule has 0 saturated heterocycles. The van der Waals surface area contributed by atoms with Gasteiger partial charge in [-0.3, -0.25) is 0 Å². The van der Waals surface area contributed by atoms with Crippen molar-refractivity contribution in [1.29, 1.82) is 0 Å². The first-order valence-electron chi connectivity index (χ1n) is 5.87. The molecule has 3 aromatic rings. The largest absolute Gasteiger partial charge is 0.350 e. The minimum atomic E-state index is 1.27. The number of benzene rings is 2. The lowest BCUT2D eigenvalue weighted by atomic mass is 10.0. The van der Waals surface area contributed by atoms with Crippen LogP contribution in [-0.2, 0) is 7.05 Å². The van der Waals surface area contributed by atoms with Gasteiger partial charge in [-0.05, 0) is 29.7 Å². The summed E-state index contributed by atoms with van der Waals surface area (Å²) in [4.78, 5) is 0. The number of rotatable bonds is 1. The van der Waals surface area contributed by atoms with Gasteiger partial charge in [-0.2, -0.15) is 0 Å². The summed E-state index contributed by atoms with van der Waals surface area (Å²) in [5, 5.41) is 1.34. The first-order valence-corrected chi connectivity index (χ1v) is 5.87. The van der Waals surface area contributed by atoms with E-state index < -0.39 is 0 Å². The number of nitrogens with zero attached hydrogens (tertiary/aromatic N) is 1. The Morgan fingerprint density at radius 3 is 2.41 bits per heavy atom. The maximum atomic E-state index is 2.26. The lowest BCUT2D eigenvalue weighted by molar-refractivity contribution is 0.964. The van der Waals surface area contributed by atoms with E-state index in [1.165, 1.54) is 27.6 Å². The summed E-state index contributed by atoms with van der Waals surface area (Å²) in [6.45, 7) is 2.16. The fourth-order valence-electron chi connectivity index (χ4n) is 2.40. The molecule has 0 saturated carbocycles. The second-order valence-electron chi connectivity index (χ2n) is 4.52. The second kappa shape index (κ2) is 3.77. The van der Waals surface area contributed by atoms with E-state index in [0.29, 0.717) is 0 Å². The number of fused-ring (bicyclic) bond motifs is 1. The van der Waals surface area contributed by atoms with Gasteiger partial charge in [-0.1, -0.05) is 42.5 Å². The molecule has 0 aliphatic carbocycles. The first-order chi connectivity index (χ1) is 8.25. The zero-order valence-electron chi connectivity index (χ0n) is 10.1. The zero-order valence-corrected chi connectivity index (χ0v) is 10.1. The zero-order chi connectivity index (χ0) is 11.8. The third-order valence-corrected chi connectivity index (χ3v) is 3.30. The molecular weight excluding hydrogens is 206 g/mol. The highest BCUT2D eigenvalue weighted by atomic mass is 14.9. The van der Waals surface area contributed by atoms with Crippen molar-refractivity contribution in [3.63, 3.8) is 0 Å². The molecule has 1 heteroatoms. The fourth-order valence-corrected chi connectivity index (χ4v) is 2.40. The Bertz CT molecular complexity index is 663. The molecule has 0 atom stereocenters. The van der Waals surface area contributed by atoms with E-state index in [1.807, 2.05) is 0 Å². The van der Waals surface area contributed by atoms with Gasteiger partial charge in [0.15, 0.2) is 0 Å². The molecule has 17 heavy (non-hydrogen) atoms. The third kappa shape index (κ3) is 1.64. The molecule has 0 fully saturated rings. The van der Waals surface area contributed by atoms with Crippen LogP contribution in [0.3, 0.4) is 0 Å². The van der Waals surface area contributed by atoms with E-state index >= 15 is 0 Å². The van der Waals surface area contributed by atoms with E-state index in [0.717, 1.165) is 0 Å². The smallest absolute Gasteiger partial charge is 0.0486 e. The standard InChI is InChI=1S/C16H15N/c1-12-11-17(2)16-10-14(8-9-15(12)16)13-6-4-3-5-7-13/h3-11H,1-2H3. The maximum Gasteiger partial charge on any atom is 0.0486 e. The lowest BCUT2D eigenvalue weighted by Crippen LogP contribution is -1.84. The minimum absolute atomic E-state index is 1.27. The molecule has 2 aromatic carbocycles. The Balaban J connectivity index is 2.24. The van der Waals surface area contributed by atoms with E-state index in [-0.39, 0.29) is 0 Å². The van der Waals surface area contributed by atoms with Gasteiger partial charge in [-0.25, -0.2) is 0 Å². The molecule has 84 valence electrons. The molecule has 1 nitrogen and oxygen atoms in total. The SMILES string of the molecule is Cc1cn(C)c2cc(-c3ccccc3)ccc12. The van der Waals surface area contributed by atoms with Crippen LogP contribution < -0.4 is 0 Å². The average Bonchev–Trinajstić information content (AvgIpc) is 2.66. The molecule has 1 heterocycles. The third-order valence-electron chi connectivity index (χ3n) is 3.30. The van der Waals surface area contributed by atoms with Crippen LogP contribution in [0.1, 0.15) is 5.56 Å². The van der Waals surface area contributed by atoms with Crippen LogP contribution in [0.2, 0.25) is 0 Å². The Hall–Kier alpha value is -2.02. The highest BCUT2D eigenvalue weighted by Crippen LogP contribution is 2.26. The van der Waals surface area contributed by atoms with Crippen molar-refractivity contribution in [3.05, 3.63) is 60.3 Å². The van der Waals surface area contributed by atoms with Gasteiger partial charge in [0.25, 0.3) is 0 Å². The van der Waals surface area contributed by atoms with Crippen LogP contribution in [0, 0.1) is 6.92 Å². The summed E-state index contributed by atoms with van der Waals surface area (Å²) in [7, 11) is 2.10. The maximum absolute atomic E-state index is 2.26. The Morgan fingerprint density at radius 1 is 0.882 bits per heavy atom. The molecule has 0 unspecified atom stereocenters. The summed E-state index contributed by atoms with van der Waals surface area (Å²) in [5.74, 6) is 0. The molecule has 0 aliphatic rings. The summed E-state index contributed by atoms with van der Waals surface area (Å²) in [6.07, 6.45) is 2.18. The number of aromatic nitrogens is 1. The quantitative estimate of drug-likeness (QED) is 0.581. The van der Waals surface area contributed by atoms with Gasteiger partial charge in [0.2, 0.25) is 0 Å². The van der Waals surface area contributed by atoms with Crippen molar-refractivity contribution >= 4 is 10.9 Å². The van der Waals surface area contributed by atoms with Crippen molar-refractivity contribution in [2.24, 2.45) is 7.05 Å². The summed E-state index contributed by atoms with van der Waals surface area (Å²) >= 11 is 0. The highest BCUT2D eigenvalue weighted by molar-refractivity contribution is 5.88. The van der Waals surface area contributed by atoms with Gasteiger partial charge in [0.1, 0.15) is 0 Å². The van der Waals surface area contributed by atoms with Crippen molar-refractivity contribution in [3.8, 4) is 11.1 Å². The van der Waals surface area contributed by atoms with E-state index in [2.05, 4.69) is 73.3 Å². The van der Waals surface area contributed by atoms with Gasteiger partial charge >= 0.3 is 0 Å². The van der Waals surface area contributed by atoms with E-state index in [9.17, 15) is 0 Å². The van der Waals surface area contributed by atoms with Crippen molar-refractivity contribution in [2.75, 3.05) is 0 Å². The summed E-state index contributed by atoms with van der Waals surface area (Å²) < 4.78 is 2.19. The monoisotopic (exact) mass is 221 g/mol. The topological polar surface area (TPSA) is 4.93 Å². The first kappa shape index (κ1) is 10.2. The Kier molecular flexibility index (Phi) is 2.25.